The number of hydrogen-bond donors (Lipinski definition) is 1. The van der Waals surface area contributed by atoms with E-state index in [2.05, 4.69) is 37.9 Å². The zero-order chi connectivity index (χ0) is 21.7. The van der Waals surface area contributed by atoms with E-state index in [-0.39, 0.29) is 17.9 Å². The molecule has 2 unspecified atom stereocenters. The van der Waals surface area contributed by atoms with Gasteiger partial charge < -0.3 is 15.1 Å². The predicted octanol–water partition coefficient (Wildman–Crippen LogP) is 4.14. The Labute approximate surface area is 184 Å². The lowest BCUT2D eigenvalue weighted by atomic mass is 9.81. The fraction of sp³-hybridized carbons (Fsp3) is 0.500. The number of rotatable bonds is 9. The second-order valence-electron chi connectivity index (χ2n) is 8.19. The molecule has 6 heteroatoms. The van der Waals surface area contributed by atoms with Gasteiger partial charge in [-0.25, -0.2) is 0 Å². The van der Waals surface area contributed by atoms with Crippen molar-refractivity contribution in [2.45, 2.75) is 39.7 Å². The summed E-state index contributed by atoms with van der Waals surface area (Å²) < 4.78 is 0. The Kier molecular flexibility index (Phi) is 7.67. The summed E-state index contributed by atoms with van der Waals surface area (Å²) in [6, 6.07) is 11.4. The van der Waals surface area contributed by atoms with Crippen LogP contribution in [0, 0.1) is 5.92 Å². The molecule has 0 saturated heterocycles. The normalized spacial score (nSPS) is 18.7. The number of nitrogens with zero attached hydrogens (tertiary/aromatic N) is 2. The van der Waals surface area contributed by atoms with Crippen molar-refractivity contribution in [3.8, 4) is 0 Å². The standard InChI is InChI=1S/C24H33N3O2S/c1-5-26(6-2)14-13-25-23(28)21-18-10-7-8-11-19(18)24(29)27(16-17(3)4)22(21)20-12-9-15-30-20/h7-12,15,17,21-22H,5-6,13-14,16H2,1-4H3,(H,25,28). The molecule has 1 aromatic carbocycles. The SMILES string of the molecule is CCN(CC)CCNC(=O)C1c2ccccc2C(=O)N(CC(C)C)C1c1cccs1. The molecule has 0 aliphatic carbocycles. The van der Waals surface area contributed by atoms with Gasteiger partial charge in [0.15, 0.2) is 0 Å². The average Bonchev–Trinajstić information content (AvgIpc) is 3.27. The highest BCUT2D eigenvalue weighted by atomic mass is 32.1. The largest absolute Gasteiger partial charge is 0.354 e. The summed E-state index contributed by atoms with van der Waals surface area (Å²) in [5, 5.41) is 5.18. The molecule has 1 aliphatic rings. The maximum Gasteiger partial charge on any atom is 0.254 e. The Balaban J connectivity index is 1.96. The van der Waals surface area contributed by atoms with Crippen LogP contribution in [0.4, 0.5) is 0 Å². The first-order chi connectivity index (χ1) is 14.5. The third-order valence-electron chi connectivity index (χ3n) is 5.74. The van der Waals surface area contributed by atoms with Gasteiger partial charge in [-0.3, -0.25) is 9.59 Å². The van der Waals surface area contributed by atoms with Gasteiger partial charge in [0.2, 0.25) is 5.91 Å². The smallest absolute Gasteiger partial charge is 0.254 e. The monoisotopic (exact) mass is 427 g/mol. The fourth-order valence-electron chi connectivity index (χ4n) is 4.23. The summed E-state index contributed by atoms with van der Waals surface area (Å²) >= 11 is 1.61. The molecule has 162 valence electrons. The van der Waals surface area contributed by atoms with Crippen LogP contribution in [-0.2, 0) is 4.79 Å². The number of carbonyl (C=O) groups is 2. The van der Waals surface area contributed by atoms with Crippen LogP contribution in [0.5, 0.6) is 0 Å². The van der Waals surface area contributed by atoms with Crippen molar-refractivity contribution in [3.63, 3.8) is 0 Å². The molecular weight excluding hydrogens is 394 g/mol. The highest BCUT2D eigenvalue weighted by molar-refractivity contribution is 7.10. The molecule has 0 bridgehead atoms. The van der Waals surface area contributed by atoms with Crippen molar-refractivity contribution in [2.24, 2.45) is 5.92 Å². The highest BCUT2D eigenvalue weighted by Gasteiger charge is 2.44. The first-order valence-electron chi connectivity index (χ1n) is 10.9. The van der Waals surface area contributed by atoms with E-state index in [0.29, 0.717) is 24.6 Å². The average molecular weight is 428 g/mol. The second-order valence-corrected chi connectivity index (χ2v) is 9.17. The van der Waals surface area contributed by atoms with Crippen molar-refractivity contribution < 1.29 is 9.59 Å². The van der Waals surface area contributed by atoms with Crippen LogP contribution in [0.1, 0.15) is 60.5 Å². The summed E-state index contributed by atoms with van der Waals surface area (Å²) in [5.41, 5.74) is 1.48. The minimum absolute atomic E-state index is 0.00531. The summed E-state index contributed by atoms with van der Waals surface area (Å²) in [7, 11) is 0. The van der Waals surface area contributed by atoms with Gasteiger partial charge in [0.25, 0.3) is 5.91 Å². The van der Waals surface area contributed by atoms with Gasteiger partial charge in [0.1, 0.15) is 0 Å². The number of likely N-dealkylation sites (N-methyl/N-ethyl adjacent to an activating group) is 1. The molecule has 1 aliphatic heterocycles. The molecule has 2 amide bonds. The number of benzene rings is 1. The topological polar surface area (TPSA) is 52.7 Å². The van der Waals surface area contributed by atoms with Gasteiger partial charge in [-0.2, -0.15) is 0 Å². The van der Waals surface area contributed by atoms with E-state index in [1.807, 2.05) is 46.7 Å². The number of hydrogen-bond acceptors (Lipinski definition) is 4. The lowest BCUT2D eigenvalue weighted by Crippen LogP contribution is -2.49. The van der Waals surface area contributed by atoms with Crippen LogP contribution < -0.4 is 5.32 Å². The van der Waals surface area contributed by atoms with Crippen LogP contribution in [-0.4, -0.2) is 54.3 Å². The molecule has 2 atom stereocenters. The first kappa shape index (κ1) is 22.5. The molecule has 30 heavy (non-hydrogen) atoms. The third kappa shape index (κ3) is 4.76. The zero-order valence-electron chi connectivity index (χ0n) is 18.4. The Bertz CT molecular complexity index is 846. The molecule has 2 aromatic rings. The van der Waals surface area contributed by atoms with E-state index in [1.165, 1.54) is 0 Å². The van der Waals surface area contributed by atoms with Crippen LogP contribution in [0.2, 0.25) is 0 Å². The lowest BCUT2D eigenvalue weighted by molar-refractivity contribution is -0.124. The van der Waals surface area contributed by atoms with Crippen molar-refractivity contribution in [3.05, 3.63) is 57.8 Å². The van der Waals surface area contributed by atoms with Gasteiger partial charge in [-0.05, 0) is 42.1 Å². The quantitative estimate of drug-likeness (QED) is 0.654. The Morgan fingerprint density at radius 3 is 2.53 bits per heavy atom. The fourth-order valence-corrected chi connectivity index (χ4v) is 5.11. The van der Waals surface area contributed by atoms with Crippen molar-refractivity contribution in [2.75, 3.05) is 32.7 Å². The van der Waals surface area contributed by atoms with Gasteiger partial charge in [-0.1, -0.05) is 52.0 Å². The van der Waals surface area contributed by atoms with Crippen molar-refractivity contribution >= 4 is 23.2 Å². The van der Waals surface area contributed by atoms with Crippen LogP contribution >= 0.6 is 11.3 Å². The number of thiophene rings is 1. The maximum absolute atomic E-state index is 13.5. The van der Waals surface area contributed by atoms with Crippen LogP contribution in [0.15, 0.2) is 41.8 Å². The minimum Gasteiger partial charge on any atom is -0.354 e. The van der Waals surface area contributed by atoms with Crippen molar-refractivity contribution in [1.82, 2.24) is 15.1 Å². The van der Waals surface area contributed by atoms with Gasteiger partial charge >= 0.3 is 0 Å². The molecule has 0 saturated carbocycles. The first-order valence-corrected chi connectivity index (χ1v) is 11.8. The van der Waals surface area contributed by atoms with Gasteiger partial charge in [-0.15, -0.1) is 11.3 Å². The number of amides is 2. The van der Waals surface area contributed by atoms with E-state index >= 15 is 0 Å². The van der Waals surface area contributed by atoms with Crippen molar-refractivity contribution in [1.29, 1.82) is 0 Å². The number of carbonyl (C=O) groups excluding carboxylic acids is 2. The molecule has 0 fully saturated rings. The Morgan fingerprint density at radius 1 is 1.17 bits per heavy atom. The molecular formula is C24H33N3O2S. The van der Waals surface area contributed by atoms with E-state index in [0.717, 1.165) is 30.1 Å². The molecule has 3 rings (SSSR count). The predicted molar refractivity (Wildman–Crippen MR) is 123 cm³/mol. The minimum atomic E-state index is -0.409. The van der Waals surface area contributed by atoms with Gasteiger partial charge in [0, 0.05) is 30.1 Å². The van der Waals surface area contributed by atoms with E-state index in [1.54, 1.807) is 11.3 Å². The van der Waals surface area contributed by atoms with Crippen LogP contribution in [0.3, 0.4) is 0 Å². The molecule has 2 heterocycles. The number of fused-ring (bicyclic) bond motifs is 1. The van der Waals surface area contributed by atoms with Gasteiger partial charge in [0.05, 0.1) is 12.0 Å². The zero-order valence-corrected chi connectivity index (χ0v) is 19.2. The van der Waals surface area contributed by atoms with Crippen LogP contribution in [0.25, 0.3) is 0 Å². The molecule has 1 aromatic heterocycles. The maximum atomic E-state index is 13.5. The lowest BCUT2D eigenvalue weighted by Gasteiger charge is -2.42. The summed E-state index contributed by atoms with van der Waals surface area (Å²) in [4.78, 5) is 32.2. The van der Waals surface area contributed by atoms with E-state index in [9.17, 15) is 9.59 Å². The molecule has 5 nitrogen and oxygen atoms in total. The number of nitrogens with one attached hydrogen (secondary N) is 1. The second kappa shape index (κ2) is 10.2. The summed E-state index contributed by atoms with van der Waals surface area (Å²) in [6.45, 7) is 12.5. The Hall–Kier alpha value is -2.18. The third-order valence-corrected chi connectivity index (χ3v) is 6.68. The van der Waals surface area contributed by atoms with E-state index < -0.39 is 5.92 Å². The summed E-state index contributed by atoms with van der Waals surface area (Å²) in [6.07, 6.45) is 0. The van der Waals surface area contributed by atoms with E-state index in [4.69, 9.17) is 0 Å². The molecule has 1 N–H and O–H groups in total. The molecule has 0 spiro atoms. The highest BCUT2D eigenvalue weighted by Crippen LogP contribution is 2.44. The Morgan fingerprint density at radius 2 is 1.90 bits per heavy atom. The summed E-state index contributed by atoms with van der Waals surface area (Å²) in [5.74, 6) is -0.0831. The molecule has 0 radical (unpaired) electrons.